The van der Waals surface area contributed by atoms with Gasteiger partial charge in [0, 0.05) is 46.2 Å². The van der Waals surface area contributed by atoms with Crippen molar-refractivity contribution in [2.24, 2.45) is 5.41 Å². The second kappa shape index (κ2) is 9.18. The smallest absolute Gasteiger partial charge is 0.251 e. The quantitative estimate of drug-likeness (QED) is 0.744. The van der Waals surface area contributed by atoms with Crippen LogP contribution >= 0.6 is 0 Å². The van der Waals surface area contributed by atoms with Crippen molar-refractivity contribution < 1.29 is 14.3 Å². The standard InChI is InChI=1S/C25H31N3O3/c1-27(2)24(30)25(12-4-15-28(18-25)23(29)22-5-3-16-31-22)17-19-6-8-20(9-7-19)21-10-13-26-14-11-21/h6-11,13-14,22H,3-5,12,15-18H2,1-2H3/t22-,25-/m0/s1. The number of carbonyl (C=O) groups is 2. The molecule has 0 N–H and O–H groups in total. The fourth-order valence-corrected chi connectivity index (χ4v) is 4.91. The molecule has 3 heterocycles. The number of piperidine rings is 1. The van der Waals surface area contributed by atoms with E-state index in [2.05, 4.69) is 29.2 Å². The van der Waals surface area contributed by atoms with E-state index in [0.29, 0.717) is 26.1 Å². The van der Waals surface area contributed by atoms with Crippen molar-refractivity contribution in [3.05, 3.63) is 54.4 Å². The third-order valence-electron chi connectivity index (χ3n) is 6.46. The zero-order valence-electron chi connectivity index (χ0n) is 18.4. The van der Waals surface area contributed by atoms with Crippen molar-refractivity contribution in [1.29, 1.82) is 0 Å². The van der Waals surface area contributed by atoms with E-state index in [1.165, 1.54) is 0 Å². The molecule has 6 nitrogen and oxygen atoms in total. The Morgan fingerprint density at radius 3 is 2.45 bits per heavy atom. The summed E-state index contributed by atoms with van der Waals surface area (Å²) in [5.74, 6) is 0.136. The minimum Gasteiger partial charge on any atom is -0.368 e. The summed E-state index contributed by atoms with van der Waals surface area (Å²) >= 11 is 0. The normalized spacial score (nSPS) is 23.5. The molecule has 2 fully saturated rings. The van der Waals surface area contributed by atoms with Gasteiger partial charge in [-0.2, -0.15) is 0 Å². The lowest BCUT2D eigenvalue weighted by atomic mass is 9.73. The fourth-order valence-electron chi connectivity index (χ4n) is 4.91. The number of hydrogen-bond donors (Lipinski definition) is 0. The lowest BCUT2D eigenvalue weighted by Crippen LogP contribution is -2.55. The van der Waals surface area contributed by atoms with Crippen LogP contribution in [-0.4, -0.2) is 66.5 Å². The summed E-state index contributed by atoms with van der Waals surface area (Å²) in [4.78, 5) is 34.0. The number of ether oxygens (including phenoxy) is 1. The molecule has 31 heavy (non-hydrogen) atoms. The van der Waals surface area contributed by atoms with Crippen LogP contribution in [-0.2, 0) is 20.7 Å². The maximum Gasteiger partial charge on any atom is 0.251 e. The van der Waals surface area contributed by atoms with E-state index in [9.17, 15) is 9.59 Å². The maximum absolute atomic E-state index is 13.4. The first-order chi connectivity index (χ1) is 15.0. The molecule has 0 aliphatic carbocycles. The zero-order valence-corrected chi connectivity index (χ0v) is 18.4. The van der Waals surface area contributed by atoms with E-state index in [1.54, 1.807) is 31.4 Å². The van der Waals surface area contributed by atoms with E-state index < -0.39 is 5.41 Å². The van der Waals surface area contributed by atoms with Gasteiger partial charge in [-0.05, 0) is 60.9 Å². The Hall–Kier alpha value is -2.73. The number of amides is 2. The third kappa shape index (κ3) is 4.64. The number of benzene rings is 1. The average molecular weight is 422 g/mol. The average Bonchev–Trinajstić information content (AvgIpc) is 3.34. The second-order valence-electron chi connectivity index (χ2n) is 8.95. The Balaban J connectivity index is 1.56. The molecule has 2 atom stereocenters. The van der Waals surface area contributed by atoms with Crippen LogP contribution < -0.4 is 0 Å². The van der Waals surface area contributed by atoms with Crippen LogP contribution in [0.1, 0.15) is 31.2 Å². The van der Waals surface area contributed by atoms with Gasteiger partial charge in [-0.1, -0.05) is 24.3 Å². The van der Waals surface area contributed by atoms with Crippen molar-refractivity contribution in [2.75, 3.05) is 33.8 Å². The van der Waals surface area contributed by atoms with Crippen molar-refractivity contribution in [3.8, 4) is 11.1 Å². The first-order valence-electron chi connectivity index (χ1n) is 11.1. The molecule has 1 aromatic carbocycles. The van der Waals surface area contributed by atoms with Gasteiger partial charge in [0.15, 0.2) is 0 Å². The molecule has 164 valence electrons. The first-order valence-corrected chi connectivity index (χ1v) is 11.1. The Morgan fingerprint density at radius 1 is 1.10 bits per heavy atom. The zero-order chi connectivity index (χ0) is 21.8. The van der Waals surface area contributed by atoms with E-state index >= 15 is 0 Å². The largest absolute Gasteiger partial charge is 0.368 e. The summed E-state index contributed by atoms with van der Waals surface area (Å²) in [7, 11) is 3.61. The van der Waals surface area contributed by atoms with Gasteiger partial charge in [0.25, 0.3) is 5.91 Å². The Labute approximate surface area is 184 Å². The fraction of sp³-hybridized carbons (Fsp3) is 0.480. The van der Waals surface area contributed by atoms with Crippen LogP contribution in [0.5, 0.6) is 0 Å². The Morgan fingerprint density at radius 2 is 1.81 bits per heavy atom. The minimum absolute atomic E-state index is 0.0427. The van der Waals surface area contributed by atoms with E-state index in [-0.39, 0.29) is 17.9 Å². The van der Waals surface area contributed by atoms with Crippen molar-refractivity contribution in [2.45, 2.75) is 38.2 Å². The van der Waals surface area contributed by atoms with Gasteiger partial charge >= 0.3 is 0 Å². The molecule has 1 aromatic heterocycles. The van der Waals surface area contributed by atoms with Crippen LogP contribution in [0.25, 0.3) is 11.1 Å². The SMILES string of the molecule is CN(C)C(=O)[C@]1(Cc2ccc(-c3ccncc3)cc2)CCCN(C(=O)[C@@H]2CCCO2)C1. The first kappa shape index (κ1) is 21.5. The van der Waals surface area contributed by atoms with E-state index in [1.807, 2.05) is 17.0 Å². The summed E-state index contributed by atoms with van der Waals surface area (Å²) in [5.41, 5.74) is 2.75. The number of likely N-dealkylation sites (tertiary alicyclic amines) is 1. The molecular weight excluding hydrogens is 390 g/mol. The number of carbonyl (C=O) groups excluding carboxylic acids is 2. The van der Waals surface area contributed by atoms with Gasteiger partial charge in [0.05, 0.1) is 5.41 Å². The van der Waals surface area contributed by atoms with Crippen molar-refractivity contribution >= 4 is 11.8 Å². The molecule has 0 saturated carbocycles. The molecule has 0 bridgehead atoms. The maximum atomic E-state index is 13.4. The van der Waals surface area contributed by atoms with Crippen LogP contribution in [0, 0.1) is 5.41 Å². The van der Waals surface area contributed by atoms with Crippen LogP contribution in [0.15, 0.2) is 48.8 Å². The monoisotopic (exact) mass is 421 g/mol. The summed E-state index contributed by atoms with van der Waals surface area (Å²) in [5, 5.41) is 0. The highest BCUT2D eigenvalue weighted by molar-refractivity contribution is 5.86. The minimum atomic E-state index is -0.603. The van der Waals surface area contributed by atoms with Crippen molar-refractivity contribution in [3.63, 3.8) is 0 Å². The van der Waals surface area contributed by atoms with Crippen LogP contribution in [0.2, 0.25) is 0 Å². The predicted molar refractivity (Wildman–Crippen MR) is 119 cm³/mol. The highest BCUT2D eigenvalue weighted by atomic mass is 16.5. The number of hydrogen-bond acceptors (Lipinski definition) is 4. The summed E-state index contributed by atoms with van der Waals surface area (Å²) in [6, 6.07) is 12.4. The molecule has 2 amide bonds. The number of pyridine rings is 1. The van der Waals surface area contributed by atoms with Gasteiger partial charge < -0.3 is 14.5 Å². The molecule has 2 aliphatic rings. The summed E-state index contributed by atoms with van der Waals surface area (Å²) in [6.07, 6.45) is 7.17. The number of aromatic nitrogens is 1. The molecule has 0 radical (unpaired) electrons. The van der Waals surface area contributed by atoms with Crippen molar-refractivity contribution in [1.82, 2.24) is 14.8 Å². The van der Waals surface area contributed by atoms with Crippen LogP contribution in [0.3, 0.4) is 0 Å². The molecule has 2 aliphatic heterocycles. The van der Waals surface area contributed by atoms with Gasteiger partial charge in [0.2, 0.25) is 5.91 Å². The van der Waals surface area contributed by atoms with Gasteiger partial charge in [-0.3, -0.25) is 14.6 Å². The van der Waals surface area contributed by atoms with Gasteiger partial charge in [-0.15, -0.1) is 0 Å². The number of nitrogens with zero attached hydrogens (tertiary/aromatic N) is 3. The van der Waals surface area contributed by atoms with Gasteiger partial charge in [0.1, 0.15) is 6.10 Å². The highest BCUT2D eigenvalue weighted by Crippen LogP contribution is 2.36. The second-order valence-corrected chi connectivity index (χ2v) is 8.95. The topological polar surface area (TPSA) is 62.7 Å². The Kier molecular flexibility index (Phi) is 6.37. The van der Waals surface area contributed by atoms with E-state index in [0.717, 1.165) is 42.4 Å². The highest BCUT2D eigenvalue weighted by Gasteiger charge is 2.45. The van der Waals surface area contributed by atoms with Gasteiger partial charge in [-0.25, -0.2) is 0 Å². The molecular formula is C25H31N3O3. The molecule has 0 spiro atoms. The molecule has 0 unspecified atom stereocenters. The lowest BCUT2D eigenvalue weighted by Gasteiger charge is -2.43. The molecule has 2 aromatic rings. The summed E-state index contributed by atoms with van der Waals surface area (Å²) < 4.78 is 5.63. The molecule has 6 heteroatoms. The third-order valence-corrected chi connectivity index (χ3v) is 6.46. The predicted octanol–water partition coefficient (Wildman–Crippen LogP) is 3.17. The lowest BCUT2D eigenvalue weighted by molar-refractivity contribution is -0.151. The van der Waals surface area contributed by atoms with E-state index in [4.69, 9.17) is 4.74 Å². The molecule has 4 rings (SSSR count). The summed E-state index contributed by atoms with van der Waals surface area (Å²) in [6.45, 7) is 1.80. The molecule has 2 saturated heterocycles. The number of rotatable bonds is 5. The Bertz CT molecular complexity index is 907. The van der Waals surface area contributed by atoms with Crippen LogP contribution in [0.4, 0.5) is 0 Å².